The molecule has 0 aromatic heterocycles. The van der Waals surface area contributed by atoms with Gasteiger partial charge in [-0.1, -0.05) is 12.8 Å². The van der Waals surface area contributed by atoms with Crippen LogP contribution in [-0.4, -0.2) is 41.5 Å². The maximum absolute atomic E-state index is 11.8. The summed E-state index contributed by atoms with van der Waals surface area (Å²) in [5.41, 5.74) is -1.60. The first-order valence-corrected chi connectivity index (χ1v) is 6.47. The predicted molar refractivity (Wildman–Crippen MR) is 68.6 cm³/mol. The van der Waals surface area contributed by atoms with E-state index in [4.69, 9.17) is 4.74 Å². The van der Waals surface area contributed by atoms with Crippen LogP contribution in [0, 0.1) is 0 Å². The van der Waals surface area contributed by atoms with E-state index in [0.29, 0.717) is 12.8 Å². The number of hydrogen-bond donors (Lipinski definition) is 2. The minimum atomic E-state index is -1.37. The van der Waals surface area contributed by atoms with Crippen molar-refractivity contribution in [3.05, 3.63) is 0 Å². The van der Waals surface area contributed by atoms with Gasteiger partial charge in [0.25, 0.3) is 0 Å². The van der Waals surface area contributed by atoms with Crippen LogP contribution in [0.4, 0.5) is 4.79 Å². The molecule has 6 nitrogen and oxygen atoms in total. The highest BCUT2D eigenvalue weighted by atomic mass is 16.6. The zero-order valence-corrected chi connectivity index (χ0v) is 12.0. The van der Waals surface area contributed by atoms with Crippen molar-refractivity contribution in [3.8, 4) is 0 Å². The third-order valence-electron chi connectivity index (χ3n) is 3.19. The molecule has 1 atom stereocenters. The highest BCUT2D eigenvalue weighted by Gasteiger charge is 2.46. The van der Waals surface area contributed by atoms with Crippen LogP contribution in [0.5, 0.6) is 0 Å². The van der Waals surface area contributed by atoms with Crippen LogP contribution < -0.4 is 5.32 Å². The Balaban J connectivity index is 2.78. The molecule has 1 saturated carbocycles. The molecule has 1 amide bonds. The molecule has 1 aliphatic carbocycles. The van der Waals surface area contributed by atoms with E-state index >= 15 is 0 Å². The summed E-state index contributed by atoms with van der Waals surface area (Å²) in [7, 11) is 1.21. The molecule has 0 saturated heterocycles. The first-order valence-electron chi connectivity index (χ1n) is 6.47. The SMILES string of the molecule is COC(=O)C(O)C1(NC(=O)OC(C)(C)C)CCCC1. The highest BCUT2D eigenvalue weighted by Crippen LogP contribution is 2.33. The van der Waals surface area contributed by atoms with Crippen molar-refractivity contribution in [1.29, 1.82) is 0 Å². The summed E-state index contributed by atoms with van der Waals surface area (Å²) >= 11 is 0. The van der Waals surface area contributed by atoms with Gasteiger partial charge in [-0.25, -0.2) is 9.59 Å². The molecule has 0 heterocycles. The third-order valence-corrected chi connectivity index (χ3v) is 3.19. The Bertz CT molecular complexity index is 341. The van der Waals surface area contributed by atoms with Crippen molar-refractivity contribution in [3.63, 3.8) is 0 Å². The van der Waals surface area contributed by atoms with Crippen molar-refractivity contribution in [2.75, 3.05) is 7.11 Å². The van der Waals surface area contributed by atoms with Crippen LogP contribution in [0.25, 0.3) is 0 Å². The number of hydrogen-bond acceptors (Lipinski definition) is 5. The predicted octanol–water partition coefficient (Wildman–Crippen LogP) is 1.36. The Hall–Kier alpha value is -1.30. The molecule has 19 heavy (non-hydrogen) atoms. The molecule has 0 aliphatic heterocycles. The van der Waals surface area contributed by atoms with Gasteiger partial charge in [-0.05, 0) is 33.6 Å². The number of rotatable bonds is 3. The van der Waals surface area contributed by atoms with E-state index in [1.165, 1.54) is 7.11 Å². The Morgan fingerprint density at radius 3 is 2.21 bits per heavy atom. The Labute approximate surface area is 113 Å². The van der Waals surface area contributed by atoms with Gasteiger partial charge in [-0.15, -0.1) is 0 Å². The number of carbonyl (C=O) groups excluding carboxylic acids is 2. The standard InChI is InChI=1S/C13H23NO5/c1-12(2,3)19-11(17)14-13(7-5-6-8-13)9(15)10(16)18-4/h9,15H,5-8H2,1-4H3,(H,14,17). The average Bonchev–Trinajstić information content (AvgIpc) is 2.73. The molecule has 1 unspecified atom stereocenters. The first-order chi connectivity index (χ1) is 8.70. The summed E-state index contributed by atoms with van der Waals surface area (Å²) in [5.74, 6) is -0.738. The van der Waals surface area contributed by atoms with Crippen LogP contribution in [0.15, 0.2) is 0 Å². The van der Waals surface area contributed by atoms with Crippen molar-refractivity contribution in [2.24, 2.45) is 0 Å². The highest BCUT2D eigenvalue weighted by molar-refractivity contribution is 5.78. The fourth-order valence-corrected chi connectivity index (χ4v) is 2.32. The molecule has 1 rings (SSSR count). The molecule has 2 N–H and O–H groups in total. The molecular formula is C13H23NO5. The minimum Gasteiger partial charge on any atom is -0.467 e. The van der Waals surface area contributed by atoms with E-state index in [2.05, 4.69) is 10.1 Å². The summed E-state index contributed by atoms with van der Waals surface area (Å²) < 4.78 is 9.73. The lowest BCUT2D eigenvalue weighted by molar-refractivity contribution is -0.155. The fourth-order valence-electron chi connectivity index (χ4n) is 2.32. The number of nitrogens with one attached hydrogen (secondary N) is 1. The van der Waals surface area contributed by atoms with Gasteiger partial charge >= 0.3 is 12.1 Å². The van der Waals surface area contributed by atoms with E-state index in [0.717, 1.165) is 12.8 Å². The zero-order chi connectivity index (χ0) is 14.7. The lowest BCUT2D eigenvalue weighted by Crippen LogP contribution is -2.58. The molecule has 1 aliphatic rings. The summed E-state index contributed by atoms with van der Waals surface area (Å²) in [6, 6.07) is 0. The Morgan fingerprint density at radius 1 is 1.26 bits per heavy atom. The monoisotopic (exact) mass is 273 g/mol. The Kier molecular flexibility index (Phi) is 4.79. The minimum absolute atomic E-state index is 0.530. The van der Waals surface area contributed by atoms with E-state index < -0.39 is 29.3 Å². The summed E-state index contributed by atoms with van der Waals surface area (Å²) in [6.07, 6.45) is 0.739. The molecule has 0 radical (unpaired) electrons. The normalized spacial score (nSPS) is 19.6. The number of esters is 1. The third kappa shape index (κ3) is 4.09. The number of alkyl carbamates (subject to hydrolysis) is 1. The molecule has 0 aromatic carbocycles. The zero-order valence-electron chi connectivity index (χ0n) is 12.0. The lowest BCUT2D eigenvalue weighted by Gasteiger charge is -2.34. The van der Waals surface area contributed by atoms with Gasteiger partial charge in [0.2, 0.25) is 0 Å². The van der Waals surface area contributed by atoms with Gasteiger partial charge < -0.3 is 19.9 Å². The molecule has 0 aromatic rings. The molecule has 0 bridgehead atoms. The Morgan fingerprint density at radius 2 is 1.79 bits per heavy atom. The average molecular weight is 273 g/mol. The molecule has 1 fully saturated rings. The summed E-state index contributed by atoms with van der Waals surface area (Å²) in [6.45, 7) is 5.26. The van der Waals surface area contributed by atoms with Crippen LogP contribution in [0.2, 0.25) is 0 Å². The number of methoxy groups -OCH3 is 1. The number of amides is 1. The van der Waals surface area contributed by atoms with Crippen LogP contribution in [0.3, 0.4) is 0 Å². The van der Waals surface area contributed by atoms with Crippen LogP contribution in [0.1, 0.15) is 46.5 Å². The largest absolute Gasteiger partial charge is 0.467 e. The van der Waals surface area contributed by atoms with Gasteiger partial charge in [0.05, 0.1) is 12.6 Å². The molecule has 6 heteroatoms. The van der Waals surface area contributed by atoms with E-state index in [-0.39, 0.29) is 0 Å². The number of ether oxygens (including phenoxy) is 2. The number of aliphatic hydroxyl groups excluding tert-OH is 1. The second-order valence-corrected chi connectivity index (χ2v) is 5.92. The maximum Gasteiger partial charge on any atom is 0.408 e. The summed E-state index contributed by atoms with van der Waals surface area (Å²) in [5, 5.41) is 12.7. The van der Waals surface area contributed by atoms with E-state index in [1.807, 2.05) is 0 Å². The van der Waals surface area contributed by atoms with Crippen molar-refractivity contribution >= 4 is 12.1 Å². The maximum atomic E-state index is 11.8. The van der Waals surface area contributed by atoms with Crippen LogP contribution >= 0.6 is 0 Å². The molecular weight excluding hydrogens is 250 g/mol. The van der Waals surface area contributed by atoms with Gasteiger partial charge in [-0.3, -0.25) is 0 Å². The smallest absolute Gasteiger partial charge is 0.408 e. The van der Waals surface area contributed by atoms with E-state index in [9.17, 15) is 14.7 Å². The van der Waals surface area contributed by atoms with E-state index in [1.54, 1.807) is 20.8 Å². The van der Waals surface area contributed by atoms with Gasteiger partial charge in [0.15, 0.2) is 6.10 Å². The van der Waals surface area contributed by atoms with Gasteiger partial charge in [0, 0.05) is 0 Å². The second kappa shape index (κ2) is 5.77. The van der Waals surface area contributed by atoms with Crippen molar-refractivity contribution in [1.82, 2.24) is 5.32 Å². The number of aliphatic hydroxyl groups is 1. The fraction of sp³-hybridized carbons (Fsp3) is 0.846. The second-order valence-electron chi connectivity index (χ2n) is 5.92. The van der Waals surface area contributed by atoms with Crippen molar-refractivity contribution in [2.45, 2.75) is 63.7 Å². The topological polar surface area (TPSA) is 84.9 Å². The van der Waals surface area contributed by atoms with Crippen molar-refractivity contribution < 1.29 is 24.2 Å². The van der Waals surface area contributed by atoms with Gasteiger partial charge in [-0.2, -0.15) is 0 Å². The summed E-state index contributed by atoms with van der Waals surface area (Å²) in [4.78, 5) is 23.3. The van der Waals surface area contributed by atoms with Crippen LogP contribution in [-0.2, 0) is 14.3 Å². The lowest BCUT2D eigenvalue weighted by atomic mass is 9.90. The first kappa shape index (κ1) is 15.8. The quantitative estimate of drug-likeness (QED) is 0.758. The van der Waals surface area contributed by atoms with Gasteiger partial charge in [0.1, 0.15) is 5.60 Å². The number of carbonyl (C=O) groups is 2. The molecule has 0 spiro atoms. The molecule has 110 valence electrons.